The van der Waals surface area contributed by atoms with Crippen LogP contribution in [0, 0.1) is 11.8 Å². The van der Waals surface area contributed by atoms with Crippen LogP contribution in [0.1, 0.15) is 50.2 Å². The Kier molecular flexibility index (Phi) is 4.99. The summed E-state index contributed by atoms with van der Waals surface area (Å²) in [7, 11) is 0. The van der Waals surface area contributed by atoms with E-state index in [1.807, 2.05) is 12.3 Å². The van der Waals surface area contributed by atoms with Crippen molar-refractivity contribution in [2.45, 2.75) is 58.6 Å². The van der Waals surface area contributed by atoms with Gasteiger partial charge in [0.2, 0.25) is 11.8 Å². The first-order valence-electron chi connectivity index (χ1n) is 8.49. The van der Waals surface area contributed by atoms with Gasteiger partial charge in [-0.1, -0.05) is 19.8 Å². The van der Waals surface area contributed by atoms with Gasteiger partial charge in [-0.2, -0.15) is 0 Å². The molecule has 1 saturated heterocycles. The van der Waals surface area contributed by atoms with Crippen LogP contribution >= 0.6 is 11.3 Å². The molecule has 1 aliphatic heterocycles. The molecule has 0 bridgehead atoms. The number of aromatic nitrogens is 1. The molecule has 2 aliphatic rings. The minimum atomic E-state index is -0.875. The zero-order valence-electron chi connectivity index (χ0n) is 14.0. The van der Waals surface area contributed by atoms with Crippen molar-refractivity contribution in [1.82, 2.24) is 9.88 Å². The third-order valence-electron chi connectivity index (χ3n) is 4.87. The van der Waals surface area contributed by atoms with Gasteiger partial charge in [-0.15, -0.1) is 11.3 Å². The van der Waals surface area contributed by atoms with E-state index in [0.717, 1.165) is 42.0 Å². The molecule has 1 saturated carbocycles. The summed E-state index contributed by atoms with van der Waals surface area (Å²) in [6.45, 7) is 3.65. The molecule has 0 spiro atoms. The minimum Gasteiger partial charge on any atom is -0.458 e. The Morgan fingerprint density at radius 2 is 1.96 bits per heavy atom. The van der Waals surface area contributed by atoms with E-state index in [1.54, 1.807) is 6.92 Å². The van der Waals surface area contributed by atoms with Gasteiger partial charge in [0.05, 0.1) is 22.5 Å². The number of nitrogens with zero attached hydrogens (tertiary/aromatic N) is 2. The van der Waals surface area contributed by atoms with E-state index in [-0.39, 0.29) is 30.3 Å². The van der Waals surface area contributed by atoms with Gasteiger partial charge in [0, 0.05) is 5.38 Å². The molecular formula is C17H22N2O4S. The summed E-state index contributed by atoms with van der Waals surface area (Å²) in [5.74, 6) is -1.46. The minimum absolute atomic E-state index is 0.0722. The van der Waals surface area contributed by atoms with Gasteiger partial charge in [-0.25, -0.2) is 9.78 Å². The maximum absolute atomic E-state index is 12.5. The van der Waals surface area contributed by atoms with Gasteiger partial charge in [-0.3, -0.25) is 14.5 Å². The van der Waals surface area contributed by atoms with Crippen molar-refractivity contribution in [2.24, 2.45) is 11.8 Å². The molecular weight excluding hydrogens is 328 g/mol. The number of hydrogen-bond donors (Lipinski definition) is 0. The van der Waals surface area contributed by atoms with Gasteiger partial charge in [-0.05, 0) is 26.2 Å². The van der Waals surface area contributed by atoms with Gasteiger partial charge in [0.1, 0.15) is 12.6 Å². The quantitative estimate of drug-likeness (QED) is 0.602. The molecule has 2 amide bonds. The molecule has 1 aromatic rings. The summed E-state index contributed by atoms with van der Waals surface area (Å²) >= 11 is 1.53. The standard InChI is InChI=1S/C17H22N2O4S/c1-3-14-18-11(9-24-14)8-23-17(22)10(2)19-15(20)12-6-4-5-7-13(12)16(19)21/h9-10,12-13H,3-8H2,1-2H3/t10-,12?,13?/m0/s1. The van der Waals surface area contributed by atoms with Crippen LogP contribution in [0.3, 0.4) is 0 Å². The van der Waals surface area contributed by atoms with Crippen molar-refractivity contribution in [3.05, 3.63) is 16.1 Å². The van der Waals surface area contributed by atoms with Crippen molar-refractivity contribution in [3.8, 4) is 0 Å². The Morgan fingerprint density at radius 3 is 2.50 bits per heavy atom. The zero-order chi connectivity index (χ0) is 17.3. The highest BCUT2D eigenvalue weighted by atomic mass is 32.1. The second kappa shape index (κ2) is 7.01. The van der Waals surface area contributed by atoms with E-state index in [2.05, 4.69) is 4.98 Å². The lowest BCUT2D eigenvalue weighted by atomic mass is 9.81. The lowest BCUT2D eigenvalue weighted by molar-refractivity contribution is -0.159. The van der Waals surface area contributed by atoms with Crippen molar-refractivity contribution in [1.29, 1.82) is 0 Å². The predicted molar refractivity (Wildman–Crippen MR) is 88.1 cm³/mol. The third-order valence-corrected chi connectivity index (χ3v) is 5.91. The Balaban J connectivity index is 1.62. The second-order valence-corrected chi connectivity index (χ2v) is 7.36. The van der Waals surface area contributed by atoms with E-state index < -0.39 is 12.0 Å². The number of amides is 2. The number of fused-ring (bicyclic) bond motifs is 1. The monoisotopic (exact) mass is 350 g/mol. The average Bonchev–Trinajstić information content (AvgIpc) is 3.16. The Labute approximate surface area is 145 Å². The molecule has 2 unspecified atom stereocenters. The van der Waals surface area contributed by atoms with Crippen LogP contribution in [-0.2, 0) is 32.1 Å². The first-order chi connectivity index (χ1) is 11.5. The summed E-state index contributed by atoms with van der Waals surface area (Å²) in [6, 6.07) is -0.875. The van der Waals surface area contributed by atoms with Crippen LogP contribution < -0.4 is 0 Å². The van der Waals surface area contributed by atoms with Crippen molar-refractivity contribution in [3.63, 3.8) is 0 Å². The van der Waals surface area contributed by atoms with Crippen LogP contribution in [0.15, 0.2) is 5.38 Å². The molecule has 0 radical (unpaired) electrons. The number of thiazole rings is 1. The van der Waals surface area contributed by atoms with Crippen LogP contribution in [0.25, 0.3) is 0 Å². The number of rotatable bonds is 5. The largest absolute Gasteiger partial charge is 0.458 e. The molecule has 1 aromatic heterocycles. The maximum atomic E-state index is 12.5. The van der Waals surface area contributed by atoms with Crippen LogP contribution in [0.4, 0.5) is 0 Å². The smallest absolute Gasteiger partial charge is 0.329 e. The van der Waals surface area contributed by atoms with E-state index in [0.29, 0.717) is 5.69 Å². The van der Waals surface area contributed by atoms with E-state index in [9.17, 15) is 14.4 Å². The summed E-state index contributed by atoms with van der Waals surface area (Å²) in [6.07, 6.45) is 4.26. The van der Waals surface area contributed by atoms with Crippen LogP contribution in [-0.4, -0.2) is 33.7 Å². The molecule has 2 heterocycles. The molecule has 3 rings (SSSR count). The first-order valence-corrected chi connectivity index (χ1v) is 9.37. The van der Waals surface area contributed by atoms with Gasteiger partial charge in [0.25, 0.3) is 0 Å². The molecule has 24 heavy (non-hydrogen) atoms. The lowest BCUT2D eigenvalue weighted by Gasteiger charge is -2.21. The maximum Gasteiger partial charge on any atom is 0.329 e. The Hall–Kier alpha value is -1.76. The fourth-order valence-electron chi connectivity index (χ4n) is 3.52. The molecule has 6 nitrogen and oxygen atoms in total. The van der Waals surface area contributed by atoms with Gasteiger partial charge in [0.15, 0.2) is 0 Å². The van der Waals surface area contributed by atoms with E-state index >= 15 is 0 Å². The fraction of sp³-hybridized carbons (Fsp3) is 0.647. The highest BCUT2D eigenvalue weighted by Crippen LogP contribution is 2.38. The second-order valence-electron chi connectivity index (χ2n) is 6.41. The molecule has 0 N–H and O–H groups in total. The first kappa shape index (κ1) is 17.1. The molecule has 7 heteroatoms. The number of carbonyl (C=O) groups excluding carboxylic acids is 3. The molecule has 3 atom stereocenters. The third kappa shape index (κ3) is 3.09. The summed E-state index contributed by atoms with van der Waals surface area (Å²) in [4.78, 5) is 42.7. The molecule has 1 aliphatic carbocycles. The fourth-order valence-corrected chi connectivity index (χ4v) is 4.25. The summed E-state index contributed by atoms with van der Waals surface area (Å²) < 4.78 is 5.27. The SMILES string of the molecule is CCc1nc(COC(=O)[C@H](C)N2C(=O)C3CCCCC3C2=O)cs1. The number of esters is 1. The number of hydrogen-bond acceptors (Lipinski definition) is 6. The average molecular weight is 350 g/mol. The number of ether oxygens (including phenoxy) is 1. The lowest BCUT2D eigenvalue weighted by Crippen LogP contribution is -2.44. The van der Waals surface area contributed by atoms with E-state index in [1.165, 1.54) is 11.3 Å². The van der Waals surface area contributed by atoms with Crippen molar-refractivity contribution in [2.75, 3.05) is 0 Å². The summed E-state index contributed by atoms with van der Waals surface area (Å²) in [5.41, 5.74) is 0.699. The normalized spacial score (nSPS) is 24.8. The molecule has 130 valence electrons. The number of likely N-dealkylation sites (tertiary alicyclic amines) is 1. The predicted octanol–water partition coefficient (Wildman–Crippen LogP) is 2.31. The molecule has 2 fully saturated rings. The number of aryl methyl sites for hydroxylation is 1. The van der Waals surface area contributed by atoms with Gasteiger partial charge >= 0.3 is 5.97 Å². The van der Waals surface area contributed by atoms with E-state index in [4.69, 9.17) is 4.74 Å². The van der Waals surface area contributed by atoms with Crippen molar-refractivity contribution < 1.29 is 19.1 Å². The highest BCUT2D eigenvalue weighted by molar-refractivity contribution is 7.09. The zero-order valence-corrected chi connectivity index (χ0v) is 14.8. The Morgan fingerprint density at radius 1 is 1.33 bits per heavy atom. The summed E-state index contributed by atoms with van der Waals surface area (Å²) in [5, 5.41) is 2.85. The van der Waals surface area contributed by atoms with Gasteiger partial charge < -0.3 is 4.74 Å². The molecule has 0 aromatic carbocycles. The topological polar surface area (TPSA) is 76.6 Å². The Bertz CT molecular complexity index is 633. The highest BCUT2D eigenvalue weighted by Gasteiger charge is 2.51. The van der Waals surface area contributed by atoms with Crippen molar-refractivity contribution >= 4 is 29.1 Å². The number of carbonyl (C=O) groups is 3. The number of imide groups is 1. The van der Waals surface area contributed by atoms with Crippen LogP contribution in [0.2, 0.25) is 0 Å². The van der Waals surface area contributed by atoms with Crippen LogP contribution in [0.5, 0.6) is 0 Å².